The number of alkyl halides is 3. The minimum absolute atomic E-state index is 0.0329. The molecule has 18 heavy (non-hydrogen) atoms. The number of anilines is 1. The third kappa shape index (κ3) is 3.38. The fourth-order valence-corrected chi connectivity index (χ4v) is 2.15. The second-order valence-corrected chi connectivity index (χ2v) is 4.64. The van der Waals surface area contributed by atoms with E-state index in [2.05, 4.69) is 0 Å². The Morgan fingerprint density at radius 3 is 2.44 bits per heavy atom. The van der Waals surface area contributed by atoms with Gasteiger partial charge in [0.25, 0.3) is 0 Å². The molecular formula is C13H17F3N2. The van der Waals surface area contributed by atoms with Gasteiger partial charge in [-0.1, -0.05) is 18.2 Å². The van der Waals surface area contributed by atoms with E-state index in [1.807, 2.05) is 12.1 Å². The maximum absolute atomic E-state index is 12.6. The fourth-order valence-electron chi connectivity index (χ4n) is 2.15. The molecule has 0 unspecified atom stereocenters. The highest BCUT2D eigenvalue weighted by molar-refractivity contribution is 5.55. The maximum Gasteiger partial charge on any atom is 0.405 e. The van der Waals surface area contributed by atoms with Gasteiger partial charge in [0.05, 0.1) is 0 Å². The molecular weight excluding hydrogens is 241 g/mol. The van der Waals surface area contributed by atoms with E-state index in [1.165, 1.54) is 4.90 Å². The number of nitrogens with zero attached hydrogens (tertiary/aromatic N) is 1. The van der Waals surface area contributed by atoms with Crippen molar-refractivity contribution in [3.8, 4) is 0 Å². The van der Waals surface area contributed by atoms with Gasteiger partial charge >= 0.3 is 6.18 Å². The number of nitrogens with two attached hydrogens (primary N) is 1. The molecule has 2 N–H and O–H groups in total. The summed E-state index contributed by atoms with van der Waals surface area (Å²) in [5, 5.41) is 0. The molecule has 0 amide bonds. The van der Waals surface area contributed by atoms with Crippen LogP contribution in [0.4, 0.5) is 18.9 Å². The molecule has 1 aliphatic carbocycles. The average molecular weight is 258 g/mol. The lowest BCUT2D eigenvalue weighted by Gasteiger charge is -2.28. The van der Waals surface area contributed by atoms with Crippen molar-refractivity contribution in [2.45, 2.75) is 31.5 Å². The summed E-state index contributed by atoms with van der Waals surface area (Å²) in [7, 11) is 0. The Balaban J connectivity index is 2.24. The Kier molecular flexibility index (Phi) is 3.80. The van der Waals surface area contributed by atoms with Crippen molar-refractivity contribution in [1.29, 1.82) is 0 Å². The zero-order valence-corrected chi connectivity index (χ0v) is 10.1. The number of hydrogen-bond donors (Lipinski definition) is 1. The highest BCUT2D eigenvalue weighted by Gasteiger charge is 2.38. The highest BCUT2D eigenvalue weighted by atomic mass is 19.4. The maximum atomic E-state index is 12.6. The number of benzene rings is 1. The van der Waals surface area contributed by atoms with Crippen molar-refractivity contribution in [3.63, 3.8) is 0 Å². The zero-order valence-electron chi connectivity index (χ0n) is 10.1. The molecule has 2 rings (SSSR count). The Morgan fingerprint density at radius 2 is 1.89 bits per heavy atom. The van der Waals surface area contributed by atoms with Crippen molar-refractivity contribution in [1.82, 2.24) is 0 Å². The normalized spacial score (nSPS) is 15.8. The van der Waals surface area contributed by atoms with E-state index in [0.29, 0.717) is 18.7 Å². The summed E-state index contributed by atoms with van der Waals surface area (Å²) in [6.07, 6.45) is -1.88. The van der Waals surface area contributed by atoms with Crippen molar-refractivity contribution < 1.29 is 13.2 Å². The summed E-state index contributed by atoms with van der Waals surface area (Å²) in [6.45, 7) is -0.430. The molecule has 1 aromatic carbocycles. The van der Waals surface area contributed by atoms with Crippen LogP contribution in [0.2, 0.25) is 0 Å². The third-order valence-corrected chi connectivity index (χ3v) is 3.05. The smallest absolute Gasteiger partial charge is 0.359 e. The monoisotopic (exact) mass is 258 g/mol. The minimum atomic E-state index is -4.17. The predicted octanol–water partition coefficient (Wildman–Crippen LogP) is 2.72. The van der Waals surface area contributed by atoms with Crippen LogP contribution in [0.5, 0.6) is 0 Å². The first-order valence-corrected chi connectivity index (χ1v) is 6.12. The van der Waals surface area contributed by atoms with Crippen LogP contribution >= 0.6 is 0 Å². The minimum Gasteiger partial charge on any atom is -0.359 e. The van der Waals surface area contributed by atoms with Gasteiger partial charge in [-0.25, -0.2) is 0 Å². The van der Waals surface area contributed by atoms with Crippen LogP contribution in [-0.4, -0.2) is 25.3 Å². The molecule has 0 atom stereocenters. The van der Waals surface area contributed by atoms with Crippen molar-refractivity contribution in [3.05, 3.63) is 29.8 Å². The number of hydrogen-bond acceptors (Lipinski definition) is 2. The Labute approximate surface area is 105 Å². The fraction of sp³-hybridized carbons (Fsp3) is 0.538. The van der Waals surface area contributed by atoms with E-state index >= 15 is 0 Å². The molecule has 0 aliphatic heterocycles. The topological polar surface area (TPSA) is 29.3 Å². The molecule has 2 nitrogen and oxygen atoms in total. The second-order valence-electron chi connectivity index (χ2n) is 4.64. The molecule has 0 heterocycles. The lowest BCUT2D eigenvalue weighted by Crippen LogP contribution is -2.36. The Hall–Kier alpha value is -1.23. The molecule has 1 aliphatic rings. The summed E-state index contributed by atoms with van der Waals surface area (Å²) in [5.74, 6) is 0. The number of para-hydroxylation sites is 1. The van der Waals surface area contributed by atoms with Crippen LogP contribution in [0.3, 0.4) is 0 Å². The van der Waals surface area contributed by atoms with Gasteiger partial charge in [0, 0.05) is 11.7 Å². The van der Waals surface area contributed by atoms with E-state index < -0.39 is 12.7 Å². The zero-order chi connectivity index (χ0) is 13.2. The first-order chi connectivity index (χ1) is 8.51. The predicted molar refractivity (Wildman–Crippen MR) is 65.6 cm³/mol. The molecule has 1 aromatic rings. The molecule has 0 aromatic heterocycles. The third-order valence-electron chi connectivity index (χ3n) is 3.05. The lowest BCUT2D eigenvalue weighted by atomic mass is 10.1. The van der Waals surface area contributed by atoms with Crippen molar-refractivity contribution >= 4 is 5.69 Å². The van der Waals surface area contributed by atoms with Gasteiger partial charge in [0.2, 0.25) is 0 Å². The second kappa shape index (κ2) is 5.18. The summed E-state index contributed by atoms with van der Waals surface area (Å²) in [6, 6.07) is 7.27. The largest absolute Gasteiger partial charge is 0.405 e. The standard InChI is InChI=1S/C13H17F3N2/c14-13(15,16)9-18(11-5-6-11)12-4-2-1-3-10(12)7-8-17/h1-4,11H,5-9,17H2. The van der Waals surface area contributed by atoms with Crippen LogP contribution < -0.4 is 10.6 Å². The molecule has 0 saturated heterocycles. The van der Waals surface area contributed by atoms with Crippen molar-refractivity contribution in [2.75, 3.05) is 18.0 Å². The molecule has 0 radical (unpaired) electrons. The number of rotatable bonds is 5. The molecule has 5 heteroatoms. The van der Waals surface area contributed by atoms with Gasteiger partial charge in [0.15, 0.2) is 0 Å². The van der Waals surface area contributed by atoms with E-state index in [4.69, 9.17) is 5.73 Å². The Bertz CT molecular complexity index is 399. The van der Waals surface area contributed by atoms with E-state index in [1.54, 1.807) is 12.1 Å². The van der Waals surface area contributed by atoms with Gasteiger partial charge < -0.3 is 10.6 Å². The van der Waals surface area contributed by atoms with E-state index in [0.717, 1.165) is 18.4 Å². The van der Waals surface area contributed by atoms with Crippen LogP contribution in [0.25, 0.3) is 0 Å². The van der Waals surface area contributed by atoms with Gasteiger partial charge in [-0.2, -0.15) is 13.2 Å². The first kappa shape index (κ1) is 13.2. The first-order valence-electron chi connectivity index (χ1n) is 6.12. The van der Waals surface area contributed by atoms with Gasteiger partial charge in [-0.3, -0.25) is 0 Å². The highest BCUT2D eigenvalue weighted by Crippen LogP contribution is 2.36. The van der Waals surface area contributed by atoms with E-state index in [9.17, 15) is 13.2 Å². The summed E-state index contributed by atoms with van der Waals surface area (Å²) >= 11 is 0. The van der Waals surface area contributed by atoms with Crippen LogP contribution in [0.15, 0.2) is 24.3 Å². The SMILES string of the molecule is NCCc1ccccc1N(CC(F)(F)F)C1CC1. The molecule has 1 saturated carbocycles. The van der Waals surface area contributed by atoms with Crippen LogP contribution in [0.1, 0.15) is 18.4 Å². The summed E-state index contributed by atoms with van der Waals surface area (Å²) in [5.41, 5.74) is 7.09. The molecule has 0 spiro atoms. The number of halogens is 3. The van der Waals surface area contributed by atoms with Crippen molar-refractivity contribution in [2.24, 2.45) is 5.73 Å². The van der Waals surface area contributed by atoms with Crippen LogP contribution in [0, 0.1) is 0 Å². The van der Waals surface area contributed by atoms with Gasteiger partial charge in [0.1, 0.15) is 6.54 Å². The van der Waals surface area contributed by atoms with Gasteiger partial charge in [-0.05, 0) is 37.4 Å². The lowest BCUT2D eigenvalue weighted by molar-refractivity contribution is -0.120. The average Bonchev–Trinajstić information content (AvgIpc) is 3.10. The molecule has 100 valence electrons. The molecule has 1 fully saturated rings. The summed E-state index contributed by atoms with van der Waals surface area (Å²) in [4.78, 5) is 1.48. The van der Waals surface area contributed by atoms with E-state index in [-0.39, 0.29) is 6.04 Å². The molecule has 0 bridgehead atoms. The van der Waals surface area contributed by atoms with Crippen LogP contribution in [-0.2, 0) is 6.42 Å². The van der Waals surface area contributed by atoms with Gasteiger partial charge in [-0.15, -0.1) is 0 Å². The summed E-state index contributed by atoms with van der Waals surface area (Å²) < 4.78 is 37.9. The Morgan fingerprint density at radius 1 is 1.22 bits per heavy atom. The quantitative estimate of drug-likeness (QED) is 0.880.